The van der Waals surface area contributed by atoms with Gasteiger partial charge in [0.15, 0.2) is 0 Å². The second-order valence-corrected chi connectivity index (χ2v) is 1.55. The number of aliphatic hydroxyl groups is 3. The van der Waals surface area contributed by atoms with Crippen molar-refractivity contribution in [2.45, 2.75) is 12.2 Å². The van der Waals surface area contributed by atoms with Crippen LogP contribution in [-0.4, -0.2) is 40.7 Å². The van der Waals surface area contributed by atoms with Crippen LogP contribution >= 0.6 is 0 Å². The number of hydrogen-bond donors (Lipinski definition) is 4. The van der Waals surface area contributed by atoms with Crippen molar-refractivity contribution in [3.8, 4) is 0 Å². The van der Waals surface area contributed by atoms with E-state index in [1.54, 1.807) is 0 Å². The van der Waals surface area contributed by atoms with Crippen molar-refractivity contribution in [1.29, 1.82) is 0 Å². The van der Waals surface area contributed by atoms with Crippen molar-refractivity contribution in [2.75, 3.05) is 13.2 Å². The van der Waals surface area contributed by atoms with Crippen LogP contribution in [0.4, 0.5) is 4.70 Å². The first-order valence-electron chi connectivity index (χ1n) is 2.39. The topological polar surface area (TPSA) is 86.7 Å². The summed E-state index contributed by atoms with van der Waals surface area (Å²) in [7, 11) is 0. The standard InChI is InChI=1S/C4H11NO3.FH/c5-1-3(7)4(8)2-6;/h3-4,6-8H,1-2,5H2;1H/t3-,4+;/m0./s1. The Morgan fingerprint density at radius 1 is 1.22 bits per heavy atom. The Bertz CT molecular complexity index is 55.8. The van der Waals surface area contributed by atoms with Crippen LogP contribution in [0.2, 0.25) is 0 Å². The van der Waals surface area contributed by atoms with Crippen LogP contribution in [-0.2, 0) is 0 Å². The quantitative estimate of drug-likeness (QED) is 0.359. The summed E-state index contributed by atoms with van der Waals surface area (Å²) in [6.45, 7) is -0.472. The van der Waals surface area contributed by atoms with Gasteiger partial charge in [0.1, 0.15) is 6.10 Å². The fourth-order valence-electron chi connectivity index (χ4n) is 0.279. The van der Waals surface area contributed by atoms with E-state index in [0.29, 0.717) is 0 Å². The number of aliphatic hydroxyl groups excluding tert-OH is 3. The zero-order valence-electron chi connectivity index (χ0n) is 4.90. The Labute approximate surface area is 52.3 Å². The molecule has 0 aromatic rings. The Morgan fingerprint density at radius 3 is 1.78 bits per heavy atom. The highest BCUT2D eigenvalue weighted by Crippen LogP contribution is 1.87. The van der Waals surface area contributed by atoms with Gasteiger partial charge in [-0.1, -0.05) is 0 Å². The van der Waals surface area contributed by atoms with Gasteiger partial charge in [-0.2, -0.15) is 0 Å². The van der Waals surface area contributed by atoms with Crippen molar-refractivity contribution in [1.82, 2.24) is 0 Å². The molecule has 0 spiro atoms. The fraction of sp³-hybridized carbons (Fsp3) is 1.00. The highest BCUT2D eigenvalue weighted by Gasteiger charge is 2.11. The first kappa shape index (κ1) is 11.6. The molecule has 0 aliphatic carbocycles. The van der Waals surface area contributed by atoms with E-state index in [0.717, 1.165) is 0 Å². The third-order valence-electron chi connectivity index (χ3n) is 0.873. The van der Waals surface area contributed by atoms with Crippen LogP contribution < -0.4 is 5.73 Å². The van der Waals surface area contributed by atoms with Gasteiger partial charge in [0.2, 0.25) is 0 Å². The molecule has 0 aromatic carbocycles. The van der Waals surface area contributed by atoms with Gasteiger partial charge < -0.3 is 21.1 Å². The summed E-state index contributed by atoms with van der Waals surface area (Å²) >= 11 is 0. The lowest BCUT2D eigenvalue weighted by atomic mass is 10.2. The maximum Gasteiger partial charge on any atom is 0.104 e. The summed E-state index contributed by atoms with van der Waals surface area (Å²) in [6.07, 6.45) is -2.10. The Morgan fingerprint density at radius 2 is 1.67 bits per heavy atom. The van der Waals surface area contributed by atoms with E-state index in [4.69, 9.17) is 21.1 Å². The van der Waals surface area contributed by atoms with Crippen LogP contribution in [0.5, 0.6) is 0 Å². The molecule has 9 heavy (non-hydrogen) atoms. The molecule has 0 saturated heterocycles. The zero-order valence-corrected chi connectivity index (χ0v) is 4.90. The molecule has 0 radical (unpaired) electrons. The van der Waals surface area contributed by atoms with Crippen LogP contribution in [0.15, 0.2) is 0 Å². The maximum atomic E-state index is 8.59. The van der Waals surface area contributed by atoms with Gasteiger partial charge in [-0.25, -0.2) is 0 Å². The summed E-state index contributed by atoms with van der Waals surface area (Å²) < 4.78 is 0. The molecule has 0 aromatic heterocycles. The first-order valence-corrected chi connectivity index (χ1v) is 2.39. The molecule has 0 rings (SSSR count). The Hall–Kier alpha value is -0.230. The normalized spacial score (nSPS) is 16.0. The average Bonchev–Trinajstić information content (AvgIpc) is 1.84. The predicted octanol–water partition coefficient (Wildman–Crippen LogP) is -2.19. The number of rotatable bonds is 3. The lowest BCUT2D eigenvalue weighted by molar-refractivity contribution is -0.00894. The smallest absolute Gasteiger partial charge is 0.104 e. The third-order valence-corrected chi connectivity index (χ3v) is 0.873. The van der Waals surface area contributed by atoms with Crippen LogP contribution in [0.25, 0.3) is 0 Å². The van der Waals surface area contributed by atoms with E-state index in [9.17, 15) is 0 Å². The molecule has 5 N–H and O–H groups in total. The molecule has 0 saturated carbocycles. The van der Waals surface area contributed by atoms with Crippen molar-refractivity contribution in [2.24, 2.45) is 5.73 Å². The number of halogens is 1. The highest BCUT2D eigenvalue weighted by molar-refractivity contribution is 4.64. The van der Waals surface area contributed by atoms with E-state index in [-0.39, 0.29) is 11.2 Å². The third kappa shape index (κ3) is 4.28. The minimum absolute atomic E-state index is 0. The molecule has 5 heteroatoms. The fourth-order valence-corrected chi connectivity index (χ4v) is 0.279. The van der Waals surface area contributed by atoms with Crippen molar-refractivity contribution in [3.05, 3.63) is 0 Å². The van der Waals surface area contributed by atoms with Gasteiger partial charge in [0.25, 0.3) is 0 Å². The molecule has 0 heterocycles. The molecule has 4 nitrogen and oxygen atoms in total. The molecular formula is C4H12FNO3. The summed E-state index contributed by atoms with van der Waals surface area (Å²) in [5.74, 6) is 0. The molecule has 0 unspecified atom stereocenters. The van der Waals surface area contributed by atoms with Gasteiger partial charge in [0, 0.05) is 6.54 Å². The SMILES string of the molecule is F.NC[C@H](O)[C@H](O)CO. The molecule has 0 fully saturated rings. The average molecular weight is 141 g/mol. The monoisotopic (exact) mass is 141 g/mol. The number of hydrogen-bond acceptors (Lipinski definition) is 4. The molecule has 0 amide bonds. The summed E-state index contributed by atoms with van der Waals surface area (Å²) in [5.41, 5.74) is 4.93. The summed E-state index contributed by atoms with van der Waals surface area (Å²) in [5, 5.41) is 25.3. The second-order valence-electron chi connectivity index (χ2n) is 1.55. The van der Waals surface area contributed by atoms with Gasteiger partial charge in [0.05, 0.1) is 12.7 Å². The predicted molar refractivity (Wildman–Crippen MR) is 30.7 cm³/mol. The molecule has 58 valence electrons. The minimum atomic E-state index is -1.10. The Balaban J connectivity index is 0. The molecule has 0 aliphatic rings. The van der Waals surface area contributed by atoms with Crippen molar-refractivity contribution in [3.63, 3.8) is 0 Å². The molecule has 2 atom stereocenters. The Kier molecular flexibility index (Phi) is 7.57. The van der Waals surface area contributed by atoms with Gasteiger partial charge in [-0.3, -0.25) is 4.70 Å². The second kappa shape index (κ2) is 5.90. The summed E-state index contributed by atoms with van der Waals surface area (Å²) in [6, 6.07) is 0. The van der Waals surface area contributed by atoms with E-state index >= 15 is 0 Å². The van der Waals surface area contributed by atoms with E-state index in [1.807, 2.05) is 0 Å². The molecule has 0 aliphatic heterocycles. The van der Waals surface area contributed by atoms with Crippen LogP contribution in [0.3, 0.4) is 0 Å². The van der Waals surface area contributed by atoms with Gasteiger partial charge in [-0.15, -0.1) is 0 Å². The van der Waals surface area contributed by atoms with E-state index in [2.05, 4.69) is 0 Å². The van der Waals surface area contributed by atoms with E-state index < -0.39 is 18.8 Å². The highest BCUT2D eigenvalue weighted by atomic mass is 19.0. The lowest BCUT2D eigenvalue weighted by Gasteiger charge is -2.11. The maximum absolute atomic E-state index is 8.59. The number of nitrogens with two attached hydrogens (primary N) is 1. The lowest BCUT2D eigenvalue weighted by Crippen LogP contribution is -2.35. The van der Waals surface area contributed by atoms with Crippen LogP contribution in [0, 0.1) is 0 Å². The van der Waals surface area contributed by atoms with Crippen molar-refractivity contribution >= 4 is 0 Å². The van der Waals surface area contributed by atoms with Crippen molar-refractivity contribution < 1.29 is 20.0 Å². The molecule has 0 bridgehead atoms. The minimum Gasteiger partial charge on any atom is -0.394 e. The summed E-state index contributed by atoms with van der Waals surface area (Å²) in [4.78, 5) is 0. The first-order chi connectivity index (χ1) is 3.72. The van der Waals surface area contributed by atoms with Gasteiger partial charge in [-0.05, 0) is 0 Å². The zero-order chi connectivity index (χ0) is 6.57. The largest absolute Gasteiger partial charge is 0.394 e. The van der Waals surface area contributed by atoms with Crippen LogP contribution in [0.1, 0.15) is 0 Å². The van der Waals surface area contributed by atoms with Gasteiger partial charge >= 0.3 is 0 Å². The molecular weight excluding hydrogens is 129 g/mol. The van der Waals surface area contributed by atoms with E-state index in [1.165, 1.54) is 0 Å².